The van der Waals surface area contributed by atoms with Crippen molar-refractivity contribution >= 4 is 23.3 Å². The molecule has 1 aromatic rings. The normalized spacial score (nSPS) is 22.2. The Morgan fingerprint density at radius 2 is 1.90 bits per heavy atom. The molecule has 1 saturated carbocycles. The van der Waals surface area contributed by atoms with Crippen molar-refractivity contribution in [3.63, 3.8) is 0 Å². The third-order valence-electron chi connectivity index (χ3n) is 5.52. The molecule has 0 bridgehead atoms. The zero-order valence-electron chi connectivity index (χ0n) is 16.7. The van der Waals surface area contributed by atoms with Crippen molar-refractivity contribution in [3.05, 3.63) is 51.2 Å². The van der Waals surface area contributed by atoms with Gasteiger partial charge in [0.05, 0.1) is 17.6 Å². The van der Waals surface area contributed by atoms with Crippen LogP contribution in [0.1, 0.15) is 51.0 Å². The van der Waals surface area contributed by atoms with E-state index in [1.807, 2.05) is 0 Å². The Kier molecular flexibility index (Phi) is 6.10. The van der Waals surface area contributed by atoms with E-state index >= 15 is 0 Å². The molecular weight excluding hydrogens is 376 g/mol. The topological polar surface area (TPSA) is 108 Å². The molecule has 29 heavy (non-hydrogen) atoms. The molecule has 0 amide bonds. The second kappa shape index (κ2) is 8.55. The summed E-state index contributed by atoms with van der Waals surface area (Å²) < 4.78 is 10.7. The number of carbonyl (C=O) groups is 2. The fourth-order valence-electron chi connectivity index (χ4n) is 4.15. The summed E-state index contributed by atoms with van der Waals surface area (Å²) in [6.07, 6.45) is 3.47. The average Bonchev–Trinajstić information content (AvgIpc) is 3.19. The first-order chi connectivity index (χ1) is 13.8. The van der Waals surface area contributed by atoms with Gasteiger partial charge in [-0.1, -0.05) is 12.1 Å². The van der Waals surface area contributed by atoms with Gasteiger partial charge in [0.2, 0.25) is 0 Å². The van der Waals surface area contributed by atoms with Crippen molar-refractivity contribution in [1.29, 1.82) is 0 Å². The third kappa shape index (κ3) is 4.21. The zero-order valence-corrected chi connectivity index (χ0v) is 16.7. The van der Waals surface area contributed by atoms with Gasteiger partial charge in [0.15, 0.2) is 0 Å². The van der Waals surface area contributed by atoms with Crippen LogP contribution in [0.25, 0.3) is 0 Å². The molecule has 2 aliphatic rings. The standard InChI is InChI=1S/C21H24N2O6/c1-12-17(20(24)28-3)19(14-7-6-8-15(11-14)23(26)27)18(13(2)22-12)21(25)29-16-9-4-5-10-16/h6-8,11,16-17,19H,4-5,9-10H2,1-3H3. The van der Waals surface area contributed by atoms with E-state index in [-0.39, 0.29) is 17.4 Å². The average molecular weight is 400 g/mol. The molecule has 154 valence electrons. The highest BCUT2D eigenvalue weighted by Gasteiger charge is 2.43. The lowest BCUT2D eigenvalue weighted by molar-refractivity contribution is -0.384. The van der Waals surface area contributed by atoms with E-state index < -0.39 is 28.7 Å². The van der Waals surface area contributed by atoms with Crippen molar-refractivity contribution in [3.8, 4) is 0 Å². The summed E-state index contributed by atoms with van der Waals surface area (Å²) in [5, 5.41) is 11.3. The molecule has 1 aliphatic carbocycles. The molecule has 0 radical (unpaired) electrons. The molecule has 2 atom stereocenters. The van der Waals surface area contributed by atoms with Crippen LogP contribution < -0.4 is 0 Å². The van der Waals surface area contributed by atoms with Gasteiger partial charge in [-0.15, -0.1) is 0 Å². The number of nitro benzene ring substituents is 1. The highest BCUT2D eigenvalue weighted by Crippen LogP contribution is 2.41. The minimum Gasteiger partial charge on any atom is -0.468 e. The Labute approximate surface area is 168 Å². The van der Waals surface area contributed by atoms with E-state index in [2.05, 4.69) is 4.99 Å². The molecule has 1 fully saturated rings. The predicted octanol–water partition coefficient (Wildman–Crippen LogP) is 3.70. The largest absolute Gasteiger partial charge is 0.468 e. The number of hydrogen-bond acceptors (Lipinski definition) is 7. The maximum Gasteiger partial charge on any atom is 0.336 e. The van der Waals surface area contributed by atoms with Crippen LogP contribution in [0.5, 0.6) is 0 Å². The molecule has 1 aromatic carbocycles. The summed E-state index contributed by atoms with van der Waals surface area (Å²) in [5.74, 6) is -2.72. The summed E-state index contributed by atoms with van der Waals surface area (Å²) in [6.45, 7) is 3.38. The Balaban J connectivity index is 2.09. The Bertz CT molecular complexity index is 898. The Hall–Kier alpha value is -3.03. The minimum atomic E-state index is -0.864. The molecule has 1 aliphatic heterocycles. The second-order valence-electron chi connectivity index (χ2n) is 7.39. The summed E-state index contributed by atoms with van der Waals surface area (Å²) in [6, 6.07) is 5.96. The van der Waals surface area contributed by atoms with E-state index in [1.165, 1.54) is 25.3 Å². The van der Waals surface area contributed by atoms with Gasteiger partial charge < -0.3 is 9.47 Å². The summed E-state index contributed by atoms with van der Waals surface area (Å²) in [7, 11) is 1.27. The van der Waals surface area contributed by atoms with Crippen LogP contribution in [-0.2, 0) is 19.1 Å². The van der Waals surface area contributed by atoms with Crippen LogP contribution >= 0.6 is 0 Å². The van der Waals surface area contributed by atoms with Crippen LogP contribution in [0.2, 0.25) is 0 Å². The molecule has 8 nitrogen and oxygen atoms in total. The SMILES string of the molecule is COC(=O)C1C(C)=NC(C)=C(C(=O)OC2CCCC2)C1c1cccc([N+](=O)[O-])c1. The van der Waals surface area contributed by atoms with Crippen molar-refractivity contribution in [2.75, 3.05) is 7.11 Å². The fourth-order valence-corrected chi connectivity index (χ4v) is 4.15. The van der Waals surface area contributed by atoms with Crippen LogP contribution in [0.4, 0.5) is 5.69 Å². The van der Waals surface area contributed by atoms with E-state index in [9.17, 15) is 19.7 Å². The van der Waals surface area contributed by atoms with Crippen molar-refractivity contribution < 1.29 is 24.0 Å². The van der Waals surface area contributed by atoms with Crippen LogP contribution in [0, 0.1) is 16.0 Å². The minimum absolute atomic E-state index is 0.118. The van der Waals surface area contributed by atoms with Gasteiger partial charge in [-0.25, -0.2) is 4.79 Å². The molecule has 0 spiro atoms. The van der Waals surface area contributed by atoms with Crippen LogP contribution in [0.3, 0.4) is 0 Å². The third-order valence-corrected chi connectivity index (χ3v) is 5.52. The van der Waals surface area contributed by atoms with E-state index in [1.54, 1.807) is 19.9 Å². The van der Waals surface area contributed by atoms with Gasteiger partial charge in [0, 0.05) is 29.5 Å². The first-order valence-corrected chi connectivity index (χ1v) is 9.62. The molecule has 3 rings (SSSR count). The first kappa shape index (κ1) is 20.7. The fraction of sp³-hybridized carbons (Fsp3) is 0.476. The van der Waals surface area contributed by atoms with E-state index in [0.29, 0.717) is 17.0 Å². The lowest BCUT2D eigenvalue weighted by Gasteiger charge is -2.31. The zero-order chi connectivity index (χ0) is 21.1. The molecule has 0 saturated heterocycles. The Morgan fingerprint density at radius 3 is 2.52 bits per heavy atom. The Morgan fingerprint density at radius 1 is 1.21 bits per heavy atom. The molecular formula is C21H24N2O6. The number of hydrogen-bond donors (Lipinski definition) is 0. The quantitative estimate of drug-likeness (QED) is 0.424. The number of allylic oxidation sites excluding steroid dienone is 1. The number of rotatable bonds is 5. The maximum atomic E-state index is 13.1. The van der Waals surface area contributed by atoms with E-state index in [4.69, 9.17) is 9.47 Å². The van der Waals surface area contributed by atoms with Crippen molar-refractivity contribution in [2.24, 2.45) is 10.9 Å². The van der Waals surface area contributed by atoms with Gasteiger partial charge in [0.25, 0.3) is 5.69 Å². The second-order valence-corrected chi connectivity index (χ2v) is 7.39. The number of nitro groups is 1. The summed E-state index contributed by atoms with van der Waals surface area (Å²) in [5.41, 5.74) is 1.54. The lowest BCUT2D eigenvalue weighted by atomic mass is 9.75. The predicted molar refractivity (Wildman–Crippen MR) is 106 cm³/mol. The number of benzene rings is 1. The molecule has 8 heteroatoms. The number of ether oxygens (including phenoxy) is 2. The first-order valence-electron chi connectivity index (χ1n) is 9.62. The van der Waals surface area contributed by atoms with E-state index in [0.717, 1.165) is 25.7 Å². The number of nitrogens with zero attached hydrogens (tertiary/aromatic N) is 2. The highest BCUT2D eigenvalue weighted by atomic mass is 16.6. The maximum absolute atomic E-state index is 13.1. The van der Waals surface area contributed by atoms with Crippen molar-refractivity contribution in [1.82, 2.24) is 0 Å². The summed E-state index contributed by atoms with van der Waals surface area (Å²) in [4.78, 5) is 40.8. The number of esters is 2. The molecule has 1 heterocycles. The number of methoxy groups -OCH3 is 1. The molecule has 0 N–H and O–H groups in total. The number of non-ortho nitro benzene ring substituents is 1. The summed E-state index contributed by atoms with van der Waals surface area (Å²) >= 11 is 0. The van der Waals surface area contributed by atoms with Gasteiger partial charge >= 0.3 is 11.9 Å². The lowest BCUT2D eigenvalue weighted by Crippen LogP contribution is -2.36. The van der Waals surface area contributed by atoms with Crippen LogP contribution in [-0.4, -0.2) is 35.8 Å². The molecule has 2 unspecified atom stereocenters. The number of aliphatic imine (C=N–C) groups is 1. The van der Waals surface area contributed by atoms with Crippen LogP contribution in [0.15, 0.2) is 40.5 Å². The van der Waals surface area contributed by atoms with Gasteiger partial charge in [0.1, 0.15) is 12.0 Å². The molecule has 0 aromatic heterocycles. The van der Waals surface area contributed by atoms with Gasteiger partial charge in [-0.2, -0.15) is 0 Å². The van der Waals surface area contributed by atoms with Crippen molar-refractivity contribution in [2.45, 2.75) is 51.6 Å². The van der Waals surface area contributed by atoms with Gasteiger partial charge in [-0.3, -0.25) is 19.9 Å². The number of carbonyl (C=O) groups excluding carboxylic acids is 2. The smallest absolute Gasteiger partial charge is 0.336 e. The van der Waals surface area contributed by atoms with Gasteiger partial charge in [-0.05, 0) is 45.1 Å². The monoisotopic (exact) mass is 400 g/mol. The highest BCUT2D eigenvalue weighted by molar-refractivity contribution is 6.07.